The summed E-state index contributed by atoms with van der Waals surface area (Å²) < 4.78 is 23.3. The number of carboxylic acids is 1. The standard InChI is InChI=1S/C28H39AsN2O4.C2H4O2/c1-6-17-16-31-10-8-19-12-25(33-3)27(35-5)14-21(19)28(31)29-22(17)15-23-20-13-26(34-4)24(32-2)11-18(20)7-9-30-23;1-2(3)4/h11-14,17,22-23,28-30H,6-10,15-16H2,1-5H3;1H3,(H,3,4)/t17-,22+,23+,28+;/m0./s1. The monoisotopic (exact) mass is 602 g/mol. The normalized spacial score (nSPS) is 24.4. The van der Waals surface area contributed by atoms with Crippen molar-refractivity contribution in [1.82, 2.24) is 10.2 Å². The molecule has 0 saturated carbocycles. The van der Waals surface area contributed by atoms with E-state index in [1.54, 1.807) is 28.4 Å². The molecule has 1 fully saturated rings. The van der Waals surface area contributed by atoms with Gasteiger partial charge in [0.2, 0.25) is 0 Å². The average Bonchev–Trinajstić information content (AvgIpc) is 2.95. The number of hydrogen-bond acceptors (Lipinski definition) is 7. The van der Waals surface area contributed by atoms with Gasteiger partial charge in [0.05, 0.1) is 0 Å². The van der Waals surface area contributed by atoms with Crippen molar-refractivity contribution in [3.63, 3.8) is 0 Å². The Hall–Kier alpha value is -2.41. The van der Waals surface area contributed by atoms with Crippen molar-refractivity contribution in [3.8, 4) is 23.0 Å². The third-order valence-electron chi connectivity index (χ3n) is 8.20. The van der Waals surface area contributed by atoms with E-state index in [1.807, 2.05) is 0 Å². The summed E-state index contributed by atoms with van der Waals surface area (Å²) in [6.07, 6.45) is 4.59. The van der Waals surface area contributed by atoms with Gasteiger partial charge in [-0.3, -0.25) is 4.79 Å². The fraction of sp³-hybridized carbons (Fsp3) is 0.567. The molecule has 3 aliphatic heterocycles. The Labute approximate surface area is 239 Å². The summed E-state index contributed by atoms with van der Waals surface area (Å²) in [4.78, 5) is 12.3. The molecule has 3 heterocycles. The Bertz CT molecular complexity index is 1150. The van der Waals surface area contributed by atoms with Crippen molar-refractivity contribution < 1.29 is 28.8 Å². The molecule has 1 unspecified atom stereocenters. The molecule has 3 aliphatic rings. The number of hydrogen-bond donors (Lipinski definition) is 2. The van der Waals surface area contributed by atoms with Crippen molar-refractivity contribution in [3.05, 3.63) is 46.5 Å². The molecule has 214 valence electrons. The van der Waals surface area contributed by atoms with Crippen LogP contribution in [-0.4, -0.2) is 79.8 Å². The van der Waals surface area contributed by atoms with Crippen molar-refractivity contribution in [2.75, 3.05) is 48.1 Å². The van der Waals surface area contributed by atoms with Crippen LogP contribution in [0.3, 0.4) is 0 Å². The molecule has 39 heavy (non-hydrogen) atoms. The number of aliphatic carboxylic acids is 1. The first kappa shape index (κ1) is 29.6. The van der Waals surface area contributed by atoms with Crippen molar-refractivity contribution >= 4 is 21.7 Å². The summed E-state index contributed by atoms with van der Waals surface area (Å²) in [5.41, 5.74) is 5.72. The van der Waals surface area contributed by atoms with E-state index >= 15 is 0 Å². The van der Waals surface area contributed by atoms with Gasteiger partial charge in [0.1, 0.15) is 0 Å². The van der Waals surface area contributed by atoms with Crippen LogP contribution >= 0.6 is 0 Å². The number of ether oxygens (including phenoxy) is 4. The number of benzene rings is 2. The van der Waals surface area contributed by atoms with Crippen LogP contribution in [0.4, 0.5) is 0 Å². The molecule has 0 bridgehead atoms. The molecule has 2 N–H and O–H groups in total. The number of methoxy groups -OCH3 is 4. The summed E-state index contributed by atoms with van der Waals surface area (Å²) in [7, 11) is 6.93. The van der Waals surface area contributed by atoms with E-state index in [9.17, 15) is 0 Å². The predicted molar refractivity (Wildman–Crippen MR) is 154 cm³/mol. The fourth-order valence-corrected chi connectivity index (χ4v) is 11.1. The van der Waals surface area contributed by atoms with Crippen molar-refractivity contribution in [1.29, 1.82) is 0 Å². The molecule has 5 atom stereocenters. The molecule has 2 aromatic carbocycles. The van der Waals surface area contributed by atoms with E-state index in [-0.39, 0.29) is 15.8 Å². The molecular weight excluding hydrogens is 559 g/mol. The molecule has 0 amide bonds. The molecule has 0 aliphatic carbocycles. The van der Waals surface area contributed by atoms with E-state index in [1.165, 1.54) is 41.6 Å². The second-order valence-electron chi connectivity index (χ2n) is 10.4. The van der Waals surface area contributed by atoms with Crippen LogP contribution in [0.1, 0.15) is 59.8 Å². The molecule has 0 radical (unpaired) electrons. The zero-order valence-electron chi connectivity index (χ0n) is 24.0. The van der Waals surface area contributed by atoms with Gasteiger partial charge in [-0.15, -0.1) is 0 Å². The Morgan fingerprint density at radius 2 is 1.49 bits per heavy atom. The van der Waals surface area contributed by atoms with Gasteiger partial charge in [-0.2, -0.15) is 0 Å². The third kappa shape index (κ3) is 6.50. The number of fused-ring (bicyclic) bond motifs is 4. The molecule has 9 heteroatoms. The number of carbonyl (C=O) groups is 1. The van der Waals surface area contributed by atoms with Gasteiger partial charge in [-0.25, -0.2) is 0 Å². The summed E-state index contributed by atoms with van der Waals surface area (Å²) >= 11 is -0.259. The van der Waals surface area contributed by atoms with E-state index in [0.29, 0.717) is 10.9 Å². The van der Waals surface area contributed by atoms with Crippen LogP contribution in [0.15, 0.2) is 24.3 Å². The van der Waals surface area contributed by atoms with Gasteiger partial charge >= 0.3 is 217 Å². The second-order valence-corrected chi connectivity index (χ2v) is 13.8. The van der Waals surface area contributed by atoms with E-state index < -0.39 is 5.97 Å². The van der Waals surface area contributed by atoms with E-state index in [4.69, 9.17) is 28.8 Å². The second kappa shape index (κ2) is 13.3. The molecule has 0 aromatic heterocycles. The van der Waals surface area contributed by atoms with Crippen LogP contribution in [0.2, 0.25) is 4.71 Å². The Morgan fingerprint density at radius 1 is 0.949 bits per heavy atom. The quantitative estimate of drug-likeness (QED) is 0.456. The topological polar surface area (TPSA) is 89.5 Å². The summed E-state index contributed by atoms with van der Waals surface area (Å²) in [6, 6.07) is 9.27. The van der Waals surface area contributed by atoms with Gasteiger partial charge in [0.25, 0.3) is 5.97 Å². The fourth-order valence-electron chi connectivity index (χ4n) is 6.26. The molecular formula is C30H43AsN2O6. The SMILES string of the molecule is CC(=O)O.CC[C@H]1CN2CCc3cc(OC)c(OC)cc3[C@@H]2[AsH][C@@H]1C[C@H]1NCCc2cc(OC)c(OC)cc21. The van der Waals surface area contributed by atoms with Gasteiger partial charge in [0.15, 0.2) is 0 Å². The Balaban J connectivity index is 0.000000826. The minimum atomic E-state index is -0.833. The maximum atomic E-state index is 9.00. The summed E-state index contributed by atoms with van der Waals surface area (Å²) in [6.45, 7) is 6.84. The Kier molecular flexibility index (Phi) is 10.1. The zero-order valence-corrected chi connectivity index (χ0v) is 26.1. The first-order valence-electron chi connectivity index (χ1n) is 13.8. The first-order chi connectivity index (χ1) is 18.8. The number of nitrogens with zero attached hydrogens (tertiary/aromatic N) is 1. The van der Waals surface area contributed by atoms with Crippen LogP contribution in [0.5, 0.6) is 23.0 Å². The molecule has 2 aromatic rings. The zero-order chi connectivity index (χ0) is 28.1. The minimum absolute atomic E-state index is 0.259. The predicted octanol–water partition coefficient (Wildman–Crippen LogP) is 4.21. The van der Waals surface area contributed by atoms with Crippen LogP contribution in [-0.2, 0) is 17.6 Å². The number of carboxylic acid groups (broad SMARTS) is 1. The molecule has 5 rings (SSSR count). The van der Waals surface area contributed by atoms with Gasteiger partial charge < -0.3 is 5.11 Å². The average molecular weight is 603 g/mol. The van der Waals surface area contributed by atoms with Gasteiger partial charge in [-0.1, -0.05) is 0 Å². The summed E-state index contributed by atoms with van der Waals surface area (Å²) in [5, 5.41) is 11.3. The van der Waals surface area contributed by atoms with Crippen LogP contribution < -0.4 is 24.3 Å². The number of nitrogens with one attached hydrogen (secondary N) is 1. The van der Waals surface area contributed by atoms with E-state index in [2.05, 4.69) is 41.4 Å². The molecule has 1 saturated heterocycles. The maximum absolute atomic E-state index is 9.00. The summed E-state index contributed by atoms with van der Waals surface area (Å²) in [5.74, 6) is 3.31. The first-order valence-corrected chi connectivity index (χ1v) is 16.2. The molecule has 8 nitrogen and oxygen atoms in total. The van der Waals surface area contributed by atoms with Crippen LogP contribution in [0, 0.1) is 5.92 Å². The van der Waals surface area contributed by atoms with Crippen molar-refractivity contribution in [2.45, 2.75) is 55.1 Å². The van der Waals surface area contributed by atoms with E-state index in [0.717, 1.165) is 66.5 Å². The Morgan fingerprint density at radius 3 is 2.05 bits per heavy atom. The third-order valence-corrected chi connectivity index (χ3v) is 12.7. The van der Waals surface area contributed by atoms with Crippen molar-refractivity contribution in [2.24, 2.45) is 5.92 Å². The number of rotatable bonds is 7. The van der Waals surface area contributed by atoms with Crippen LogP contribution in [0.25, 0.3) is 0 Å². The van der Waals surface area contributed by atoms with Gasteiger partial charge in [0, 0.05) is 6.92 Å². The van der Waals surface area contributed by atoms with Gasteiger partial charge in [-0.05, 0) is 0 Å². The molecule has 0 spiro atoms.